The molecule has 1 aromatic carbocycles. The summed E-state index contributed by atoms with van der Waals surface area (Å²) in [5, 5.41) is 14.7. The van der Waals surface area contributed by atoms with Gasteiger partial charge in [-0.25, -0.2) is 0 Å². The minimum atomic E-state index is 0.0692. The van der Waals surface area contributed by atoms with Crippen LogP contribution in [0.5, 0.6) is 5.75 Å². The van der Waals surface area contributed by atoms with Gasteiger partial charge in [-0.05, 0) is 36.1 Å². The zero-order chi connectivity index (χ0) is 16.5. The second-order valence-corrected chi connectivity index (χ2v) is 6.68. The lowest BCUT2D eigenvalue weighted by molar-refractivity contribution is 0.368. The number of alkyl halides is 1. The summed E-state index contributed by atoms with van der Waals surface area (Å²) in [5.41, 5.74) is 3.79. The van der Waals surface area contributed by atoms with E-state index in [-0.39, 0.29) is 18.0 Å². The van der Waals surface area contributed by atoms with E-state index in [1.165, 1.54) is 27.4 Å². The number of benzene rings is 1. The first-order chi connectivity index (χ1) is 11.8. The molecule has 5 heteroatoms. The molecule has 0 amide bonds. The summed E-state index contributed by atoms with van der Waals surface area (Å²) in [7, 11) is 0. The Morgan fingerprint density at radius 2 is 2.12 bits per heavy atom. The van der Waals surface area contributed by atoms with Crippen LogP contribution in [-0.4, -0.2) is 23.5 Å². The van der Waals surface area contributed by atoms with E-state index >= 15 is 0 Å². The Morgan fingerprint density at radius 1 is 1.29 bits per heavy atom. The van der Waals surface area contributed by atoms with Crippen LogP contribution < -0.4 is 20.6 Å². The minimum Gasteiger partial charge on any atom is -0.479 e. The highest BCUT2D eigenvalue weighted by molar-refractivity contribution is 6.24. The first kappa shape index (κ1) is 15.3. The quantitative estimate of drug-likeness (QED) is 0.837. The molecule has 2 unspecified atom stereocenters. The van der Waals surface area contributed by atoms with E-state index < -0.39 is 0 Å². The highest BCUT2D eigenvalue weighted by atomic mass is 35.5. The summed E-state index contributed by atoms with van der Waals surface area (Å²) < 4.78 is 5.33. The fourth-order valence-electron chi connectivity index (χ4n) is 3.54. The van der Waals surface area contributed by atoms with Gasteiger partial charge in [0, 0.05) is 22.8 Å². The summed E-state index contributed by atoms with van der Waals surface area (Å²) in [5.74, 6) is 0.716. The Bertz CT molecular complexity index is 908. The van der Waals surface area contributed by atoms with Crippen molar-refractivity contribution in [3.63, 3.8) is 0 Å². The Labute approximate surface area is 145 Å². The molecule has 0 radical (unpaired) electrons. The van der Waals surface area contributed by atoms with E-state index in [9.17, 15) is 0 Å². The van der Waals surface area contributed by atoms with E-state index in [1.807, 2.05) is 18.2 Å². The number of ether oxygens (including phenoxy) is 1. The predicted octanol–water partition coefficient (Wildman–Crippen LogP) is 1.72. The summed E-state index contributed by atoms with van der Waals surface area (Å²) >= 11 is 6.30. The van der Waals surface area contributed by atoms with E-state index in [0.29, 0.717) is 5.75 Å². The number of hydrogen-bond acceptors (Lipinski definition) is 3. The topological polar surface area (TPSA) is 60.8 Å². The van der Waals surface area contributed by atoms with Crippen molar-refractivity contribution in [1.82, 2.24) is 10.3 Å². The molecule has 0 spiro atoms. The lowest BCUT2D eigenvalue weighted by Gasteiger charge is -2.25. The molecule has 4 rings (SSSR count). The van der Waals surface area contributed by atoms with E-state index in [4.69, 9.17) is 21.6 Å². The van der Waals surface area contributed by atoms with Gasteiger partial charge in [-0.3, -0.25) is 0 Å². The van der Waals surface area contributed by atoms with Crippen LogP contribution >= 0.6 is 11.6 Å². The Balaban J connectivity index is 1.70. The molecule has 2 N–H and O–H groups in total. The third-order valence-electron chi connectivity index (χ3n) is 4.63. The van der Waals surface area contributed by atoms with Gasteiger partial charge in [-0.1, -0.05) is 24.3 Å². The number of fused-ring (bicyclic) bond motifs is 3. The largest absolute Gasteiger partial charge is 0.479 e. The summed E-state index contributed by atoms with van der Waals surface area (Å²) in [6.07, 6.45) is 6.25. The molecule has 4 nitrogen and oxygen atoms in total. The number of hydrogen-bond donors (Lipinski definition) is 2. The number of rotatable bonds is 3. The molecule has 2 atom stereocenters. The van der Waals surface area contributed by atoms with Crippen molar-refractivity contribution >= 4 is 23.8 Å². The Morgan fingerprint density at radius 3 is 2.92 bits per heavy atom. The van der Waals surface area contributed by atoms with Crippen LogP contribution in [-0.2, 0) is 6.42 Å². The zero-order valence-electron chi connectivity index (χ0n) is 13.2. The molecule has 0 saturated heterocycles. The minimum absolute atomic E-state index is 0.0692. The van der Waals surface area contributed by atoms with Gasteiger partial charge in [0.15, 0.2) is 6.61 Å². The van der Waals surface area contributed by atoms with Crippen LogP contribution in [0.15, 0.2) is 24.3 Å². The van der Waals surface area contributed by atoms with Crippen LogP contribution in [0.2, 0.25) is 0 Å². The zero-order valence-corrected chi connectivity index (χ0v) is 13.9. The number of nitrogens with one attached hydrogen (secondary N) is 2. The Hall–Kier alpha value is -2.22. The number of nitriles is 1. The maximum Gasteiger partial charge on any atom is 0.174 e. The van der Waals surface area contributed by atoms with Gasteiger partial charge in [0.1, 0.15) is 11.8 Å². The smallest absolute Gasteiger partial charge is 0.174 e. The lowest BCUT2D eigenvalue weighted by Crippen LogP contribution is -2.34. The number of nitrogens with zero attached hydrogens (tertiary/aromatic N) is 1. The van der Waals surface area contributed by atoms with Gasteiger partial charge >= 0.3 is 0 Å². The third kappa shape index (κ3) is 2.71. The molecule has 1 aliphatic carbocycles. The van der Waals surface area contributed by atoms with Gasteiger partial charge in [-0.15, -0.1) is 11.6 Å². The van der Waals surface area contributed by atoms with Crippen LogP contribution in [0, 0.1) is 11.3 Å². The molecular weight excluding hydrogens is 322 g/mol. The molecule has 2 heterocycles. The van der Waals surface area contributed by atoms with Crippen molar-refractivity contribution in [2.45, 2.75) is 24.3 Å². The van der Waals surface area contributed by atoms with Crippen LogP contribution in [0.1, 0.15) is 29.3 Å². The van der Waals surface area contributed by atoms with Crippen LogP contribution in [0.3, 0.4) is 0 Å². The van der Waals surface area contributed by atoms with Gasteiger partial charge in [0.05, 0.1) is 11.4 Å². The monoisotopic (exact) mass is 339 g/mol. The normalized spacial score (nSPS) is 21.7. The first-order valence-corrected chi connectivity index (χ1v) is 8.60. The summed E-state index contributed by atoms with van der Waals surface area (Å²) in [6.45, 7) is 1.01. The lowest BCUT2D eigenvalue weighted by atomic mass is 9.94. The molecule has 2 aliphatic rings. The molecule has 0 bridgehead atoms. The summed E-state index contributed by atoms with van der Waals surface area (Å²) in [4.78, 5) is 3.59. The van der Waals surface area contributed by atoms with Crippen molar-refractivity contribution in [3.05, 3.63) is 51.7 Å². The number of aromatic nitrogens is 1. The highest BCUT2D eigenvalue weighted by Gasteiger charge is 2.25. The highest BCUT2D eigenvalue weighted by Crippen LogP contribution is 2.27. The maximum atomic E-state index is 8.59. The van der Waals surface area contributed by atoms with Gasteiger partial charge < -0.3 is 15.0 Å². The number of aromatic amines is 1. The number of halogens is 1. The fourth-order valence-corrected chi connectivity index (χ4v) is 3.76. The SMILES string of the molecule is N#CCOc1ccc(C2NCCc3c2[nH]c2c3=CC(Cl)CC=2)cc1. The average Bonchev–Trinajstić information content (AvgIpc) is 2.98. The van der Waals surface area contributed by atoms with Crippen LogP contribution in [0.4, 0.5) is 0 Å². The van der Waals surface area contributed by atoms with Crippen molar-refractivity contribution in [1.29, 1.82) is 5.26 Å². The Kier molecular flexibility index (Phi) is 4.05. The maximum absolute atomic E-state index is 8.59. The van der Waals surface area contributed by atoms with Crippen molar-refractivity contribution in [2.75, 3.05) is 13.2 Å². The van der Waals surface area contributed by atoms with E-state index in [2.05, 4.69) is 34.6 Å². The van der Waals surface area contributed by atoms with Gasteiger partial charge in [-0.2, -0.15) is 5.26 Å². The van der Waals surface area contributed by atoms with Gasteiger partial charge in [0.25, 0.3) is 0 Å². The average molecular weight is 340 g/mol. The van der Waals surface area contributed by atoms with E-state index in [1.54, 1.807) is 0 Å². The van der Waals surface area contributed by atoms with Crippen molar-refractivity contribution < 1.29 is 4.74 Å². The second kappa shape index (κ2) is 6.35. The molecule has 2 aromatic rings. The molecule has 24 heavy (non-hydrogen) atoms. The molecular formula is C19H18ClN3O. The molecule has 1 aromatic heterocycles. The predicted molar refractivity (Wildman–Crippen MR) is 94.3 cm³/mol. The standard InChI is InChI=1S/C19H18ClN3O/c20-13-3-6-17-16(11-13)15-7-9-22-18(19(15)23-17)12-1-4-14(5-2-12)24-10-8-21/h1-2,4-6,11,13,18,22-23H,3,7,9-10H2. The second-order valence-electron chi connectivity index (χ2n) is 6.12. The molecule has 122 valence electrons. The molecule has 0 saturated carbocycles. The van der Waals surface area contributed by atoms with Crippen molar-refractivity contribution in [2.24, 2.45) is 0 Å². The molecule has 0 fully saturated rings. The van der Waals surface area contributed by atoms with Crippen molar-refractivity contribution in [3.8, 4) is 11.8 Å². The van der Waals surface area contributed by atoms with Crippen LogP contribution in [0.25, 0.3) is 12.2 Å². The number of H-pyrrole nitrogens is 1. The van der Waals surface area contributed by atoms with E-state index in [0.717, 1.165) is 19.4 Å². The molecule has 1 aliphatic heterocycles. The fraction of sp³-hybridized carbons (Fsp3) is 0.316. The summed E-state index contributed by atoms with van der Waals surface area (Å²) in [6, 6.07) is 10.1. The first-order valence-electron chi connectivity index (χ1n) is 8.16. The van der Waals surface area contributed by atoms with Gasteiger partial charge in [0.2, 0.25) is 0 Å². The third-order valence-corrected chi connectivity index (χ3v) is 4.94.